The molecule has 4 aromatic rings. The number of benzene rings is 3. The predicted octanol–water partition coefficient (Wildman–Crippen LogP) is 5.74. The number of nitrogens with one attached hydrogen (secondary N) is 2. The topological polar surface area (TPSA) is 71.2 Å². The van der Waals surface area contributed by atoms with E-state index in [1.54, 1.807) is 54.6 Å². The van der Waals surface area contributed by atoms with E-state index < -0.39 is 11.5 Å². The minimum atomic E-state index is -0.490. The first-order valence-corrected chi connectivity index (χ1v) is 9.60. The van der Waals surface area contributed by atoms with E-state index in [0.29, 0.717) is 22.2 Å². The van der Waals surface area contributed by atoms with Gasteiger partial charge in [-0.25, -0.2) is 0 Å². The Morgan fingerprint density at radius 3 is 2.13 bits per heavy atom. The summed E-state index contributed by atoms with van der Waals surface area (Å²) in [6.45, 7) is 0. The summed E-state index contributed by atoms with van der Waals surface area (Å²) in [6, 6.07) is 26.6. The Hall–Kier alpha value is -3.83. The highest BCUT2D eigenvalue weighted by atomic mass is 35.5. The normalized spacial score (nSPS) is 10.4. The van der Waals surface area contributed by atoms with Gasteiger partial charge in [0, 0.05) is 16.4 Å². The fraction of sp³-hybridized carbons (Fsp3) is 0. The number of rotatable bonds is 5. The molecular weight excluding hydrogens is 400 g/mol. The lowest BCUT2D eigenvalue weighted by atomic mass is 10.1. The molecular formula is C24H17ClN2O3. The van der Waals surface area contributed by atoms with Crippen LogP contribution < -0.4 is 15.6 Å². The summed E-state index contributed by atoms with van der Waals surface area (Å²) in [7, 11) is 0. The van der Waals surface area contributed by atoms with Crippen LogP contribution in [0.4, 0.5) is 5.69 Å². The number of carbonyl (C=O) groups is 1. The molecule has 0 spiro atoms. The van der Waals surface area contributed by atoms with E-state index in [0.717, 1.165) is 11.3 Å². The number of ether oxygens (including phenoxy) is 1. The highest BCUT2D eigenvalue weighted by Crippen LogP contribution is 2.23. The predicted molar refractivity (Wildman–Crippen MR) is 118 cm³/mol. The molecule has 0 aliphatic rings. The van der Waals surface area contributed by atoms with E-state index in [9.17, 15) is 9.59 Å². The first-order valence-electron chi connectivity index (χ1n) is 9.22. The van der Waals surface area contributed by atoms with Gasteiger partial charge in [-0.3, -0.25) is 9.59 Å². The van der Waals surface area contributed by atoms with Gasteiger partial charge < -0.3 is 15.0 Å². The number of amides is 1. The van der Waals surface area contributed by atoms with E-state index >= 15 is 0 Å². The van der Waals surface area contributed by atoms with Gasteiger partial charge in [0.25, 0.3) is 11.5 Å². The van der Waals surface area contributed by atoms with Gasteiger partial charge in [0.2, 0.25) is 0 Å². The Balaban J connectivity index is 1.46. The van der Waals surface area contributed by atoms with Crippen molar-refractivity contribution in [1.29, 1.82) is 0 Å². The Morgan fingerprint density at radius 2 is 1.47 bits per heavy atom. The zero-order valence-corrected chi connectivity index (χ0v) is 16.5. The second kappa shape index (κ2) is 8.68. The maximum atomic E-state index is 12.5. The highest BCUT2D eigenvalue weighted by Gasteiger charge is 2.12. The fourth-order valence-corrected chi connectivity index (χ4v) is 3.01. The first kappa shape index (κ1) is 19.5. The number of aromatic amines is 1. The molecule has 5 nitrogen and oxygen atoms in total. The largest absolute Gasteiger partial charge is 0.457 e. The SMILES string of the molecule is O=C(Nc1ccc(Oc2ccccc2)cc1)c1ccc(-c2ccc(Cl)cc2)[nH]c1=O. The molecule has 4 rings (SSSR count). The van der Waals surface area contributed by atoms with Crippen molar-refractivity contribution >= 4 is 23.2 Å². The van der Waals surface area contributed by atoms with Crippen LogP contribution in [0, 0.1) is 0 Å². The van der Waals surface area contributed by atoms with Gasteiger partial charge in [-0.05, 0) is 66.2 Å². The van der Waals surface area contributed by atoms with Gasteiger partial charge in [-0.1, -0.05) is 41.9 Å². The molecule has 3 aromatic carbocycles. The molecule has 6 heteroatoms. The summed E-state index contributed by atoms with van der Waals surface area (Å²) >= 11 is 5.89. The molecule has 0 radical (unpaired) electrons. The molecule has 1 amide bonds. The van der Waals surface area contributed by atoms with Gasteiger partial charge in [0.1, 0.15) is 17.1 Å². The molecule has 0 saturated carbocycles. The number of halogens is 1. The van der Waals surface area contributed by atoms with Crippen LogP contribution in [-0.4, -0.2) is 10.9 Å². The Bertz CT molecular complexity index is 1220. The standard InChI is InChI=1S/C24H17ClN2O3/c25-17-8-6-16(7-9-17)22-15-14-21(24(29)27-22)23(28)26-18-10-12-20(13-11-18)30-19-4-2-1-3-5-19/h1-15H,(H,26,28)(H,27,29). The van der Waals surface area contributed by atoms with Crippen LogP contribution in [0.25, 0.3) is 11.3 Å². The minimum Gasteiger partial charge on any atom is -0.457 e. The summed E-state index contributed by atoms with van der Waals surface area (Å²) in [4.78, 5) is 27.7. The van der Waals surface area contributed by atoms with Crippen molar-refractivity contribution in [3.63, 3.8) is 0 Å². The molecule has 30 heavy (non-hydrogen) atoms. The summed E-state index contributed by atoms with van der Waals surface area (Å²) < 4.78 is 5.73. The summed E-state index contributed by atoms with van der Waals surface area (Å²) in [5.41, 5.74) is 1.52. The molecule has 1 aromatic heterocycles. The third-order valence-corrected chi connectivity index (χ3v) is 4.65. The average Bonchev–Trinajstić information content (AvgIpc) is 2.76. The maximum absolute atomic E-state index is 12.5. The number of pyridine rings is 1. The first-order chi connectivity index (χ1) is 14.6. The third kappa shape index (κ3) is 4.59. The van der Waals surface area contributed by atoms with E-state index in [2.05, 4.69) is 10.3 Å². The molecule has 2 N–H and O–H groups in total. The smallest absolute Gasteiger partial charge is 0.261 e. The molecule has 0 aliphatic carbocycles. The molecule has 0 aliphatic heterocycles. The van der Waals surface area contributed by atoms with Crippen LogP contribution in [0.3, 0.4) is 0 Å². The Kier molecular flexibility index (Phi) is 5.63. The summed E-state index contributed by atoms with van der Waals surface area (Å²) in [5, 5.41) is 3.33. The third-order valence-electron chi connectivity index (χ3n) is 4.40. The van der Waals surface area contributed by atoms with E-state index in [1.807, 2.05) is 30.3 Å². The van der Waals surface area contributed by atoms with Crippen molar-refractivity contribution in [3.8, 4) is 22.8 Å². The second-order valence-electron chi connectivity index (χ2n) is 6.52. The summed E-state index contributed by atoms with van der Waals surface area (Å²) in [6.07, 6.45) is 0. The van der Waals surface area contributed by atoms with Gasteiger partial charge in [0.05, 0.1) is 0 Å². The van der Waals surface area contributed by atoms with Crippen LogP contribution in [0.15, 0.2) is 95.8 Å². The molecule has 0 saturated heterocycles. The molecule has 0 atom stereocenters. The molecule has 0 fully saturated rings. The lowest BCUT2D eigenvalue weighted by molar-refractivity contribution is 0.102. The zero-order chi connectivity index (χ0) is 20.9. The average molecular weight is 417 g/mol. The lowest BCUT2D eigenvalue weighted by Gasteiger charge is -2.08. The number of carbonyl (C=O) groups excluding carboxylic acids is 1. The van der Waals surface area contributed by atoms with Crippen LogP contribution in [-0.2, 0) is 0 Å². The number of hydrogen-bond acceptors (Lipinski definition) is 3. The molecule has 148 valence electrons. The number of hydrogen-bond donors (Lipinski definition) is 2. The van der Waals surface area contributed by atoms with Crippen molar-refractivity contribution in [2.75, 3.05) is 5.32 Å². The number of para-hydroxylation sites is 1. The van der Waals surface area contributed by atoms with Gasteiger partial charge in [-0.15, -0.1) is 0 Å². The number of anilines is 1. The quantitative estimate of drug-likeness (QED) is 0.435. The van der Waals surface area contributed by atoms with Crippen molar-refractivity contribution < 1.29 is 9.53 Å². The number of aromatic nitrogens is 1. The monoisotopic (exact) mass is 416 g/mol. The summed E-state index contributed by atoms with van der Waals surface area (Å²) in [5.74, 6) is 0.876. The van der Waals surface area contributed by atoms with E-state index in [-0.39, 0.29) is 5.56 Å². The van der Waals surface area contributed by atoms with Crippen LogP contribution in [0.1, 0.15) is 10.4 Å². The van der Waals surface area contributed by atoms with Crippen LogP contribution in [0.2, 0.25) is 5.02 Å². The van der Waals surface area contributed by atoms with Crippen LogP contribution in [0.5, 0.6) is 11.5 Å². The minimum absolute atomic E-state index is 0.0253. The molecule has 0 bridgehead atoms. The van der Waals surface area contributed by atoms with Gasteiger partial charge >= 0.3 is 0 Å². The second-order valence-corrected chi connectivity index (χ2v) is 6.95. The van der Waals surface area contributed by atoms with Gasteiger partial charge in [0.15, 0.2) is 0 Å². The van der Waals surface area contributed by atoms with Crippen LogP contribution >= 0.6 is 11.6 Å². The fourth-order valence-electron chi connectivity index (χ4n) is 2.88. The Morgan fingerprint density at radius 1 is 0.800 bits per heavy atom. The highest BCUT2D eigenvalue weighted by molar-refractivity contribution is 6.30. The van der Waals surface area contributed by atoms with Crippen molar-refractivity contribution in [2.24, 2.45) is 0 Å². The lowest BCUT2D eigenvalue weighted by Crippen LogP contribution is -2.23. The van der Waals surface area contributed by atoms with Gasteiger partial charge in [-0.2, -0.15) is 0 Å². The molecule has 0 unspecified atom stereocenters. The maximum Gasteiger partial charge on any atom is 0.261 e. The Labute approximate surface area is 177 Å². The molecule has 1 heterocycles. The van der Waals surface area contributed by atoms with E-state index in [4.69, 9.17) is 16.3 Å². The van der Waals surface area contributed by atoms with Crippen molar-refractivity contribution in [2.45, 2.75) is 0 Å². The van der Waals surface area contributed by atoms with E-state index in [1.165, 1.54) is 6.07 Å². The zero-order valence-electron chi connectivity index (χ0n) is 15.8. The van der Waals surface area contributed by atoms with Crippen molar-refractivity contribution in [1.82, 2.24) is 4.98 Å². The van der Waals surface area contributed by atoms with Crippen molar-refractivity contribution in [3.05, 3.63) is 112 Å². The number of H-pyrrole nitrogens is 1.